The second kappa shape index (κ2) is 8.57. The molecule has 2 heterocycles. The van der Waals surface area contributed by atoms with Crippen LogP contribution in [-0.4, -0.2) is 35.4 Å². The molecule has 9 nitrogen and oxygen atoms in total. The van der Waals surface area contributed by atoms with Gasteiger partial charge in [0.25, 0.3) is 11.8 Å². The summed E-state index contributed by atoms with van der Waals surface area (Å²) in [5.41, 5.74) is -0.225. The van der Waals surface area contributed by atoms with E-state index in [0.29, 0.717) is 17.1 Å². The molecular formula is C20H14F3N3O6. The lowest BCUT2D eigenvalue weighted by atomic mass is 10.1. The van der Waals surface area contributed by atoms with Crippen LogP contribution in [-0.2, 0) is 22.3 Å². The van der Waals surface area contributed by atoms with E-state index in [4.69, 9.17) is 18.7 Å². The van der Waals surface area contributed by atoms with E-state index in [1.54, 1.807) is 6.07 Å². The number of alkyl halides is 3. The molecule has 0 fully saturated rings. The van der Waals surface area contributed by atoms with Crippen LogP contribution in [0.25, 0.3) is 11.4 Å². The molecule has 166 valence electrons. The minimum absolute atomic E-state index is 0.0425. The number of rotatable bonds is 6. The molecule has 32 heavy (non-hydrogen) atoms. The first kappa shape index (κ1) is 21.2. The molecule has 0 saturated heterocycles. The number of halogens is 3. The summed E-state index contributed by atoms with van der Waals surface area (Å²) in [5.74, 6) is -0.330. The zero-order valence-electron chi connectivity index (χ0n) is 16.1. The van der Waals surface area contributed by atoms with Gasteiger partial charge in [-0.3, -0.25) is 9.59 Å². The van der Waals surface area contributed by atoms with Crippen molar-refractivity contribution < 1.29 is 41.5 Å². The SMILES string of the molecule is O=C(CNC(=O)c1ccc2c(c1)OCO2)OCc1nc(-c2ccc(C(F)(F)F)cc2)no1. The highest BCUT2D eigenvalue weighted by Gasteiger charge is 2.30. The third kappa shape index (κ3) is 4.79. The lowest BCUT2D eigenvalue weighted by molar-refractivity contribution is -0.144. The summed E-state index contributed by atoms with van der Waals surface area (Å²) in [6.07, 6.45) is -4.45. The topological polar surface area (TPSA) is 113 Å². The number of benzene rings is 2. The first-order chi connectivity index (χ1) is 15.3. The zero-order valence-corrected chi connectivity index (χ0v) is 16.1. The van der Waals surface area contributed by atoms with Crippen LogP contribution in [0.3, 0.4) is 0 Å². The van der Waals surface area contributed by atoms with Gasteiger partial charge in [-0.05, 0) is 30.3 Å². The number of fused-ring (bicyclic) bond motifs is 1. The van der Waals surface area contributed by atoms with Crippen LogP contribution in [0.15, 0.2) is 47.0 Å². The van der Waals surface area contributed by atoms with Gasteiger partial charge in [-0.2, -0.15) is 18.2 Å². The van der Waals surface area contributed by atoms with Crippen LogP contribution in [0.5, 0.6) is 11.5 Å². The van der Waals surface area contributed by atoms with E-state index in [1.165, 1.54) is 24.3 Å². The number of aromatic nitrogens is 2. The van der Waals surface area contributed by atoms with Crippen molar-refractivity contribution in [2.45, 2.75) is 12.8 Å². The van der Waals surface area contributed by atoms with Crippen LogP contribution in [0.2, 0.25) is 0 Å². The predicted octanol–water partition coefficient (Wildman–Crippen LogP) is 2.96. The molecule has 4 rings (SSSR count). The normalized spacial score (nSPS) is 12.5. The first-order valence-corrected chi connectivity index (χ1v) is 9.13. The van der Waals surface area contributed by atoms with E-state index in [9.17, 15) is 22.8 Å². The number of carbonyl (C=O) groups is 2. The van der Waals surface area contributed by atoms with Crippen molar-refractivity contribution >= 4 is 11.9 Å². The molecule has 1 aliphatic rings. The smallest absolute Gasteiger partial charge is 0.416 e. The fraction of sp³-hybridized carbons (Fsp3) is 0.200. The molecule has 3 aromatic rings. The predicted molar refractivity (Wildman–Crippen MR) is 99.4 cm³/mol. The van der Waals surface area contributed by atoms with E-state index >= 15 is 0 Å². The zero-order chi connectivity index (χ0) is 22.7. The molecular weight excluding hydrogens is 435 g/mol. The lowest BCUT2D eigenvalue weighted by Crippen LogP contribution is -2.30. The van der Waals surface area contributed by atoms with Crippen LogP contribution >= 0.6 is 0 Å². The Balaban J connectivity index is 1.26. The Labute approximate surface area is 178 Å². The van der Waals surface area contributed by atoms with Crippen molar-refractivity contribution in [1.29, 1.82) is 0 Å². The van der Waals surface area contributed by atoms with Crippen molar-refractivity contribution in [2.24, 2.45) is 0 Å². The molecule has 1 N–H and O–H groups in total. The van der Waals surface area contributed by atoms with Gasteiger partial charge in [0.1, 0.15) is 6.54 Å². The molecule has 1 aliphatic heterocycles. The molecule has 1 amide bonds. The summed E-state index contributed by atoms with van der Waals surface area (Å²) in [7, 11) is 0. The number of esters is 1. The van der Waals surface area contributed by atoms with Gasteiger partial charge in [0.05, 0.1) is 5.56 Å². The van der Waals surface area contributed by atoms with Crippen LogP contribution < -0.4 is 14.8 Å². The maximum absolute atomic E-state index is 12.6. The van der Waals surface area contributed by atoms with E-state index < -0.39 is 30.2 Å². The number of carbonyl (C=O) groups excluding carboxylic acids is 2. The Kier molecular flexibility index (Phi) is 5.67. The number of ether oxygens (including phenoxy) is 3. The van der Waals surface area contributed by atoms with E-state index in [-0.39, 0.29) is 30.7 Å². The molecule has 0 saturated carbocycles. The second-order valence-electron chi connectivity index (χ2n) is 6.50. The number of nitrogens with one attached hydrogen (secondary N) is 1. The largest absolute Gasteiger partial charge is 0.454 e. The molecule has 12 heteroatoms. The van der Waals surface area contributed by atoms with Gasteiger partial charge < -0.3 is 24.1 Å². The van der Waals surface area contributed by atoms with E-state index in [0.717, 1.165) is 12.1 Å². The molecule has 1 aromatic heterocycles. The highest BCUT2D eigenvalue weighted by molar-refractivity contribution is 5.96. The number of amides is 1. The molecule has 0 spiro atoms. The van der Waals surface area contributed by atoms with Crippen LogP contribution in [0.4, 0.5) is 13.2 Å². The quantitative estimate of drug-likeness (QED) is 0.572. The Bertz CT molecular complexity index is 1140. The van der Waals surface area contributed by atoms with Gasteiger partial charge in [-0.15, -0.1) is 0 Å². The van der Waals surface area contributed by atoms with Gasteiger partial charge in [-0.1, -0.05) is 17.3 Å². The van der Waals surface area contributed by atoms with Gasteiger partial charge >= 0.3 is 12.1 Å². The van der Waals surface area contributed by atoms with Gasteiger partial charge in [0, 0.05) is 11.1 Å². The summed E-state index contributed by atoms with van der Waals surface area (Å²) in [6.45, 7) is -0.706. The fourth-order valence-electron chi connectivity index (χ4n) is 2.72. The molecule has 0 radical (unpaired) electrons. The Hall–Kier alpha value is -4.09. The van der Waals surface area contributed by atoms with E-state index in [1.807, 2.05) is 0 Å². The fourth-order valence-corrected chi connectivity index (χ4v) is 2.72. The van der Waals surface area contributed by atoms with Crippen molar-refractivity contribution in [3.8, 4) is 22.9 Å². The van der Waals surface area contributed by atoms with Gasteiger partial charge in [0.15, 0.2) is 18.1 Å². The average molecular weight is 449 g/mol. The third-order valence-electron chi connectivity index (χ3n) is 4.32. The van der Waals surface area contributed by atoms with Crippen LogP contribution in [0, 0.1) is 0 Å². The number of hydrogen-bond donors (Lipinski definition) is 1. The third-order valence-corrected chi connectivity index (χ3v) is 4.32. The molecule has 0 aliphatic carbocycles. The van der Waals surface area contributed by atoms with Crippen LogP contribution in [0.1, 0.15) is 21.8 Å². The van der Waals surface area contributed by atoms with Crippen molar-refractivity contribution in [3.05, 3.63) is 59.5 Å². The number of hydrogen-bond acceptors (Lipinski definition) is 8. The van der Waals surface area contributed by atoms with Gasteiger partial charge in [-0.25, -0.2) is 0 Å². The minimum Gasteiger partial charge on any atom is -0.454 e. The minimum atomic E-state index is -4.45. The summed E-state index contributed by atoms with van der Waals surface area (Å²) < 4.78 is 58.1. The highest BCUT2D eigenvalue weighted by atomic mass is 19.4. The van der Waals surface area contributed by atoms with Crippen molar-refractivity contribution in [1.82, 2.24) is 15.5 Å². The highest BCUT2D eigenvalue weighted by Crippen LogP contribution is 2.32. The maximum atomic E-state index is 12.6. The van der Waals surface area contributed by atoms with Crippen molar-refractivity contribution in [3.63, 3.8) is 0 Å². The molecule has 0 atom stereocenters. The summed E-state index contributed by atoms with van der Waals surface area (Å²) >= 11 is 0. The monoisotopic (exact) mass is 449 g/mol. The standard InChI is InChI=1S/C20H14F3N3O6/c21-20(22,23)13-4-1-11(2-5-13)18-25-16(32-26-18)9-29-17(27)8-24-19(28)12-3-6-14-15(7-12)31-10-30-14/h1-7H,8-10H2,(H,24,28). The Morgan fingerprint density at radius 1 is 1.06 bits per heavy atom. The first-order valence-electron chi connectivity index (χ1n) is 9.13. The summed E-state index contributed by atoms with van der Waals surface area (Å²) in [5, 5.41) is 6.05. The lowest BCUT2D eigenvalue weighted by Gasteiger charge is -2.06. The van der Waals surface area contributed by atoms with E-state index in [2.05, 4.69) is 15.5 Å². The molecule has 0 bridgehead atoms. The maximum Gasteiger partial charge on any atom is 0.416 e. The summed E-state index contributed by atoms with van der Waals surface area (Å²) in [6, 6.07) is 8.80. The number of nitrogens with zero attached hydrogens (tertiary/aromatic N) is 2. The Morgan fingerprint density at radius 3 is 2.56 bits per heavy atom. The Morgan fingerprint density at radius 2 is 1.81 bits per heavy atom. The summed E-state index contributed by atoms with van der Waals surface area (Å²) in [4.78, 5) is 28.0. The van der Waals surface area contributed by atoms with Gasteiger partial charge in [0.2, 0.25) is 12.6 Å². The average Bonchev–Trinajstić information content (AvgIpc) is 3.44. The molecule has 0 unspecified atom stereocenters. The second-order valence-corrected chi connectivity index (χ2v) is 6.50. The molecule has 2 aromatic carbocycles. The van der Waals surface area contributed by atoms with Crippen molar-refractivity contribution in [2.75, 3.05) is 13.3 Å².